The van der Waals surface area contributed by atoms with Crippen LogP contribution in [0.4, 0.5) is 5.69 Å². The Morgan fingerprint density at radius 1 is 1.17 bits per heavy atom. The van der Waals surface area contributed by atoms with Crippen LogP contribution in [0.5, 0.6) is 0 Å². The van der Waals surface area contributed by atoms with Crippen LogP contribution in [-0.2, 0) is 14.4 Å². The number of halogens is 1. The quantitative estimate of drug-likeness (QED) is 0.296. The molecule has 29 heavy (non-hydrogen) atoms. The van der Waals surface area contributed by atoms with Gasteiger partial charge in [-0.25, -0.2) is 0 Å². The van der Waals surface area contributed by atoms with Crippen molar-refractivity contribution in [3.8, 4) is 0 Å². The molecular formula is C19H21BrN4O5. The second kappa shape index (κ2) is 9.17. The number of benzene rings is 1. The summed E-state index contributed by atoms with van der Waals surface area (Å²) in [5, 5.41) is 8.78. The van der Waals surface area contributed by atoms with Crippen molar-refractivity contribution >= 4 is 51.2 Å². The molecule has 0 bridgehead atoms. The summed E-state index contributed by atoms with van der Waals surface area (Å²) < 4.78 is 0. The summed E-state index contributed by atoms with van der Waals surface area (Å²) in [6, 6.07) is 3.86. The van der Waals surface area contributed by atoms with Gasteiger partial charge in [-0.05, 0) is 25.0 Å². The highest BCUT2D eigenvalue weighted by atomic mass is 79.9. The topological polar surface area (TPSA) is 125 Å². The standard InChI is InChI=1S/C19H21BrN4O5/c20-8-2-5-14(25)22-10-9-21-12-4-1-3-11-16(12)19(29)24(18(11)28)13-6-7-15(26)23-17(13)27/h1,3-4,13,21H,2,5-10H2,(H,22,25)(H,23,26,27). The predicted molar refractivity (Wildman–Crippen MR) is 108 cm³/mol. The molecule has 0 aliphatic carbocycles. The van der Waals surface area contributed by atoms with Crippen LogP contribution in [0, 0.1) is 0 Å². The van der Waals surface area contributed by atoms with E-state index in [1.165, 1.54) is 6.07 Å². The van der Waals surface area contributed by atoms with Crippen molar-refractivity contribution in [3.05, 3.63) is 29.3 Å². The van der Waals surface area contributed by atoms with Gasteiger partial charge in [0, 0.05) is 36.9 Å². The summed E-state index contributed by atoms with van der Waals surface area (Å²) >= 11 is 3.27. The zero-order chi connectivity index (χ0) is 21.0. The van der Waals surface area contributed by atoms with E-state index in [1.807, 2.05) is 0 Å². The molecule has 2 heterocycles. The average Bonchev–Trinajstić information content (AvgIpc) is 2.95. The summed E-state index contributed by atoms with van der Waals surface area (Å²) in [7, 11) is 0. The van der Waals surface area contributed by atoms with Crippen molar-refractivity contribution < 1.29 is 24.0 Å². The monoisotopic (exact) mass is 464 g/mol. The van der Waals surface area contributed by atoms with Gasteiger partial charge in [-0.3, -0.25) is 34.2 Å². The van der Waals surface area contributed by atoms with Gasteiger partial charge in [-0.2, -0.15) is 0 Å². The Morgan fingerprint density at radius 2 is 1.97 bits per heavy atom. The van der Waals surface area contributed by atoms with E-state index in [2.05, 4.69) is 31.9 Å². The van der Waals surface area contributed by atoms with Gasteiger partial charge < -0.3 is 10.6 Å². The molecule has 9 nitrogen and oxygen atoms in total. The molecule has 1 unspecified atom stereocenters. The minimum Gasteiger partial charge on any atom is -0.383 e. The summed E-state index contributed by atoms with van der Waals surface area (Å²) in [6.45, 7) is 0.736. The molecule has 5 amide bonds. The molecule has 3 rings (SSSR count). The number of carbonyl (C=O) groups excluding carboxylic acids is 5. The van der Waals surface area contributed by atoms with E-state index in [-0.39, 0.29) is 29.9 Å². The Hall–Kier alpha value is -2.75. The number of nitrogens with one attached hydrogen (secondary N) is 3. The number of rotatable bonds is 8. The number of imide groups is 2. The lowest BCUT2D eigenvalue weighted by molar-refractivity contribution is -0.136. The third-order valence-corrected chi connectivity index (χ3v) is 5.33. The molecule has 1 aromatic carbocycles. The lowest BCUT2D eigenvalue weighted by Crippen LogP contribution is -2.54. The van der Waals surface area contributed by atoms with Gasteiger partial charge in [0.25, 0.3) is 11.8 Å². The van der Waals surface area contributed by atoms with E-state index >= 15 is 0 Å². The number of fused-ring (bicyclic) bond motifs is 1. The molecule has 2 aliphatic heterocycles. The van der Waals surface area contributed by atoms with Gasteiger partial charge in [-0.15, -0.1) is 0 Å². The molecule has 3 N–H and O–H groups in total. The molecule has 0 aromatic heterocycles. The smallest absolute Gasteiger partial charge is 0.264 e. The van der Waals surface area contributed by atoms with E-state index in [1.54, 1.807) is 12.1 Å². The van der Waals surface area contributed by atoms with E-state index in [0.29, 0.717) is 25.2 Å². The van der Waals surface area contributed by atoms with Crippen LogP contribution < -0.4 is 16.0 Å². The van der Waals surface area contributed by atoms with Crippen LogP contribution in [0.2, 0.25) is 0 Å². The summed E-state index contributed by atoms with van der Waals surface area (Å²) in [5.41, 5.74) is 0.879. The minimum absolute atomic E-state index is 0.0557. The van der Waals surface area contributed by atoms with Crippen LogP contribution in [0.25, 0.3) is 0 Å². The Labute approximate surface area is 175 Å². The summed E-state index contributed by atoms with van der Waals surface area (Å²) in [5.74, 6) is -2.23. The molecule has 154 valence electrons. The lowest BCUT2D eigenvalue weighted by Gasteiger charge is -2.27. The van der Waals surface area contributed by atoms with Crippen LogP contribution >= 0.6 is 15.9 Å². The van der Waals surface area contributed by atoms with Crippen molar-refractivity contribution in [2.24, 2.45) is 0 Å². The molecule has 1 aromatic rings. The van der Waals surface area contributed by atoms with Gasteiger partial charge in [-0.1, -0.05) is 22.0 Å². The molecule has 0 saturated carbocycles. The maximum atomic E-state index is 12.9. The molecular weight excluding hydrogens is 444 g/mol. The Morgan fingerprint density at radius 3 is 2.69 bits per heavy atom. The molecule has 0 radical (unpaired) electrons. The Kier molecular flexibility index (Phi) is 6.63. The fraction of sp³-hybridized carbons (Fsp3) is 0.421. The number of alkyl halides is 1. The van der Waals surface area contributed by atoms with Gasteiger partial charge in [0.05, 0.1) is 11.1 Å². The predicted octanol–water partition coefficient (Wildman–Crippen LogP) is 0.791. The summed E-state index contributed by atoms with van der Waals surface area (Å²) in [4.78, 5) is 61.8. The number of nitrogens with zero attached hydrogens (tertiary/aromatic N) is 1. The Balaban J connectivity index is 1.68. The third kappa shape index (κ3) is 4.47. The zero-order valence-corrected chi connectivity index (χ0v) is 17.2. The van der Waals surface area contributed by atoms with Crippen molar-refractivity contribution in [2.45, 2.75) is 31.7 Å². The first-order valence-corrected chi connectivity index (χ1v) is 10.5. The van der Waals surface area contributed by atoms with Crippen LogP contribution in [0.3, 0.4) is 0 Å². The minimum atomic E-state index is -0.998. The number of amides is 5. The van der Waals surface area contributed by atoms with Crippen LogP contribution in [-0.4, -0.2) is 58.9 Å². The van der Waals surface area contributed by atoms with Crippen LogP contribution in [0.15, 0.2) is 18.2 Å². The first-order valence-electron chi connectivity index (χ1n) is 9.35. The largest absolute Gasteiger partial charge is 0.383 e. The first kappa shape index (κ1) is 21.0. The van der Waals surface area contributed by atoms with E-state index in [4.69, 9.17) is 0 Å². The van der Waals surface area contributed by atoms with Crippen molar-refractivity contribution in [2.75, 3.05) is 23.7 Å². The SMILES string of the molecule is O=C(CCCBr)NCCNc1cccc2c1C(=O)N(C1CCC(=O)NC1=O)C2=O. The number of piperidine rings is 1. The van der Waals surface area contributed by atoms with E-state index in [0.717, 1.165) is 16.7 Å². The maximum absolute atomic E-state index is 12.9. The Bertz CT molecular complexity index is 872. The molecule has 0 spiro atoms. The number of hydrogen-bond donors (Lipinski definition) is 3. The van der Waals surface area contributed by atoms with Crippen LogP contribution in [0.1, 0.15) is 46.4 Å². The third-order valence-electron chi connectivity index (χ3n) is 4.77. The van der Waals surface area contributed by atoms with Gasteiger partial charge >= 0.3 is 0 Å². The average molecular weight is 465 g/mol. The number of hydrogen-bond acceptors (Lipinski definition) is 6. The molecule has 1 saturated heterocycles. The van der Waals surface area contributed by atoms with Crippen molar-refractivity contribution in [1.82, 2.24) is 15.5 Å². The van der Waals surface area contributed by atoms with Gasteiger partial charge in [0.15, 0.2) is 0 Å². The van der Waals surface area contributed by atoms with Gasteiger partial charge in [0.1, 0.15) is 6.04 Å². The number of carbonyl (C=O) groups is 5. The second-order valence-corrected chi connectivity index (χ2v) is 7.54. The highest BCUT2D eigenvalue weighted by Crippen LogP contribution is 2.32. The molecule has 1 atom stereocenters. The lowest BCUT2D eigenvalue weighted by atomic mass is 10.0. The normalized spacial score (nSPS) is 18.5. The zero-order valence-electron chi connectivity index (χ0n) is 15.6. The van der Waals surface area contributed by atoms with Crippen molar-refractivity contribution in [1.29, 1.82) is 0 Å². The maximum Gasteiger partial charge on any atom is 0.264 e. The molecule has 10 heteroatoms. The number of anilines is 1. The van der Waals surface area contributed by atoms with Crippen molar-refractivity contribution in [3.63, 3.8) is 0 Å². The second-order valence-electron chi connectivity index (χ2n) is 6.74. The first-order chi connectivity index (χ1) is 13.9. The highest BCUT2D eigenvalue weighted by molar-refractivity contribution is 9.09. The molecule has 1 fully saturated rings. The summed E-state index contributed by atoms with van der Waals surface area (Å²) in [6.07, 6.45) is 1.36. The highest BCUT2D eigenvalue weighted by Gasteiger charge is 2.45. The van der Waals surface area contributed by atoms with E-state index in [9.17, 15) is 24.0 Å². The van der Waals surface area contributed by atoms with Gasteiger partial charge in [0.2, 0.25) is 17.7 Å². The van der Waals surface area contributed by atoms with E-state index < -0.39 is 29.7 Å². The fourth-order valence-electron chi connectivity index (χ4n) is 3.38. The molecule has 2 aliphatic rings. The fourth-order valence-corrected chi connectivity index (χ4v) is 3.66.